The zero-order chi connectivity index (χ0) is 15.6. The molecule has 21 heavy (non-hydrogen) atoms. The second-order valence-electron chi connectivity index (χ2n) is 7.40. The van der Waals surface area contributed by atoms with Gasteiger partial charge in [0.25, 0.3) is 0 Å². The van der Waals surface area contributed by atoms with E-state index < -0.39 is 0 Å². The van der Waals surface area contributed by atoms with Crippen molar-refractivity contribution in [1.29, 1.82) is 0 Å². The molecule has 3 nitrogen and oxygen atoms in total. The van der Waals surface area contributed by atoms with Crippen LogP contribution >= 0.6 is 0 Å². The van der Waals surface area contributed by atoms with Crippen LogP contribution in [0.3, 0.4) is 0 Å². The molecule has 0 spiro atoms. The third-order valence-corrected chi connectivity index (χ3v) is 4.57. The van der Waals surface area contributed by atoms with Crippen molar-refractivity contribution in [2.24, 2.45) is 11.8 Å². The average Bonchev–Trinajstić information content (AvgIpc) is 2.71. The van der Waals surface area contributed by atoms with Crippen LogP contribution in [0.1, 0.15) is 53.0 Å². The van der Waals surface area contributed by atoms with Gasteiger partial charge in [0.1, 0.15) is 0 Å². The van der Waals surface area contributed by atoms with Gasteiger partial charge in [-0.05, 0) is 51.5 Å². The first-order valence-electron chi connectivity index (χ1n) is 7.93. The quantitative estimate of drug-likeness (QED) is 0.882. The summed E-state index contributed by atoms with van der Waals surface area (Å²) in [6, 6.07) is 2.08. The van der Waals surface area contributed by atoms with E-state index >= 15 is 0 Å². The first kappa shape index (κ1) is 16.2. The van der Waals surface area contributed by atoms with E-state index in [1.54, 1.807) is 12.3 Å². The van der Waals surface area contributed by atoms with E-state index in [1.807, 2.05) is 0 Å². The lowest BCUT2D eigenvalue weighted by Gasteiger charge is -2.23. The maximum Gasteiger partial charge on any atom is 0.169 e. The number of nitrogens with one attached hydrogen (secondary N) is 2. The molecule has 0 radical (unpaired) electrons. The summed E-state index contributed by atoms with van der Waals surface area (Å²) in [5, 5.41) is 6.63. The zero-order valence-electron chi connectivity index (χ0n) is 13.8. The van der Waals surface area contributed by atoms with Gasteiger partial charge in [-0.2, -0.15) is 0 Å². The summed E-state index contributed by atoms with van der Waals surface area (Å²) < 4.78 is 14.6. The van der Waals surface area contributed by atoms with Gasteiger partial charge in [0.15, 0.2) is 11.6 Å². The summed E-state index contributed by atoms with van der Waals surface area (Å²) in [5.41, 5.74) is 0.639. The monoisotopic (exact) mass is 293 g/mol. The number of pyridine rings is 1. The van der Waals surface area contributed by atoms with Gasteiger partial charge in [0.05, 0.1) is 0 Å². The molecule has 1 aromatic heterocycles. The van der Waals surface area contributed by atoms with Crippen LogP contribution in [0.5, 0.6) is 0 Å². The highest BCUT2D eigenvalue weighted by atomic mass is 19.1. The number of aromatic nitrogens is 1. The van der Waals surface area contributed by atoms with Gasteiger partial charge in [-0.1, -0.05) is 13.8 Å². The van der Waals surface area contributed by atoms with Crippen LogP contribution < -0.4 is 10.6 Å². The van der Waals surface area contributed by atoms with Crippen LogP contribution in [0.2, 0.25) is 0 Å². The predicted molar refractivity (Wildman–Crippen MR) is 85.8 cm³/mol. The van der Waals surface area contributed by atoms with Crippen molar-refractivity contribution < 1.29 is 4.39 Å². The fraction of sp³-hybridized carbons (Fsp3) is 0.706. The molecule has 3 atom stereocenters. The molecule has 0 amide bonds. The van der Waals surface area contributed by atoms with Crippen molar-refractivity contribution in [3.05, 3.63) is 23.6 Å². The molecule has 2 N–H and O–H groups in total. The van der Waals surface area contributed by atoms with Crippen molar-refractivity contribution in [2.45, 2.75) is 65.6 Å². The van der Waals surface area contributed by atoms with Gasteiger partial charge in [0.2, 0.25) is 0 Å². The fourth-order valence-corrected chi connectivity index (χ4v) is 2.83. The van der Waals surface area contributed by atoms with Crippen molar-refractivity contribution >= 4 is 5.82 Å². The van der Waals surface area contributed by atoms with Crippen LogP contribution in [0.15, 0.2) is 12.3 Å². The number of hydrogen-bond acceptors (Lipinski definition) is 3. The molecule has 1 aliphatic carbocycles. The molecule has 4 heteroatoms. The SMILES string of the molecule is CC1CCC(Nc2nccc(CNC(C)(C)C)c2F)C1C. The molecule has 1 heterocycles. The van der Waals surface area contributed by atoms with E-state index in [2.05, 4.69) is 50.2 Å². The van der Waals surface area contributed by atoms with Gasteiger partial charge in [0, 0.05) is 29.9 Å². The van der Waals surface area contributed by atoms with Gasteiger partial charge in [-0.3, -0.25) is 0 Å². The van der Waals surface area contributed by atoms with Gasteiger partial charge >= 0.3 is 0 Å². The van der Waals surface area contributed by atoms with Gasteiger partial charge in [-0.15, -0.1) is 0 Å². The summed E-state index contributed by atoms with van der Waals surface area (Å²) in [4.78, 5) is 4.19. The van der Waals surface area contributed by atoms with Crippen LogP contribution in [-0.2, 0) is 6.54 Å². The number of anilines is 1. The van der Waals surface area contributed by atoms with Gasteiger partial charge in [-0.25, -0.2) is 9.37 Å². The summed E-state index contributed by atoms with van der Waals surface area (Å²) in [6.07, 6.45) is 3.98. The summed E-state index contributed by atoms with van der Waals surface area (Å²) in [7, 11) is 0. The van der Waals surface area contributed by atoms with Crippen molar-refractivity contribution in [1.82, 2.24) is 10.3 Å². The lowest BCUT2D eigenvalue weighted by molar-refractivity contribution is 0.417. The lowest BCUT2D eigenvalue weighted by atomic mass is 9.98. The number of halogens is 1. The molecule has 2 rings (SSSR count). The van der Waals surface area contributed by atoms with Crippen molar-refractivity contribution in [2.75, 3.05) is 5.32 Å². The standard InChI is InChI=1S/C17H28FN3/c1-11-6-7-14(12(11)2)21-16-15(18)13(8-9-19-16)10-20-17(3,4)5/h8-9,11-12,14,20H,6-7,10H2,1-5H3,(H,19,21). The van der Waals surface area contributed by atoms with E-state index in [9.17, 15) is 4.39 Å². The summed E-state index contributed by atoms with van der Waals surface area (Å²) in [6.45, 7) is 11.2. The third-order valence-electron chi connectivity index (χ3n) is 4.57. The molecule has 0 bridgehead atoms. The molecular formula is C17H28FN3. The van der Waals surface area contributed by atoms with Crippen molar-refractivity contribution in [3.63, 3.8) is 0 Å². The molecular weight excluding hydrogens is 265 g/mol. The van der Waals surface area contributed by atoms with E-state index in [0.717, 1.165) is 6.42 Å². The van der Waals surface area contributed by atoms with Crippen LogP contribution in [0, 0.1) is 17.7 Å². The summed E-state index contributed by atoms with van der Waals surface area (Å²) in [5.74, 6) is 1.43. The highest BCUT2D eigenvalue weighted by molar-refractivity contribution is 5.41. The first-order chi connectivity index (χ1) is 9.78. The smallest absolute Gasteiger partial charge is 0.169 e. The zero-order valence-corrected chi connectivity index (χ0v) is 13.8. The highest BCUT2D eigenvalue weighted by Crippen LogP contribution is 2.33. The molecule has 118 valence electrons. The second-order valence-corrected chi connectivity index (χ2v) is 7.40. The lowest BCUT2D eigenvalue weighted by Crippen LogP contribution is -2.35. The average molecular weight is 293 g/mol. The minimum absolute atomic E-state index is 0.0291. The maximum atomic E-state index is 14.6. The highest BCUT2D eigenvalue weighted by Gasteiger charge is 2.30. The molecule has 0 aromatic carbocycles. The Balaban J connectivity index is 2.07. The Labute approximate surface area is 127 Å². The Morgan fingerprint density at radius 1 is 1.29 bits per heavy atom. The van der Waals surface area contributed by atoms with E-state index in [-0.39, 0.29) is 11.4 Å². The molecule has 1 aliphatic rings. The molecule has 0 saturated heterocycles. The normalized spacial score (nSPS) is 26.1. The number of nitrogens with zero attached hydrogens (tertiary/aromatic N) is 1. The van der Waals surface area contributed by atoms with Gasteiger partial charge < -0.3 is 10.6 Å². The minimum atomic E-state index is -0.221. The predicted octanol–water partition coefficient (Wildman–Crippen LogP) is 3.96. The minimum Gasteiger partial charge on any atom is -0.365 e. The Morgan fingerprint density at radius 3 is 2.57 bits per heavy atom. The largest absolute Gasteiger partial charge is 0.365 e. The Hall–Kier alpha value is -1.16. The number of rotatable bonds is 4. The third kappa shape index (κ3) is 4.16. The number of hydrogen-bond donors (Lipinski definition) is 2. The molecule has 1 fully saturated rings. The van der Waals surface area contributed by atoms with E-state index in [4.69, 9.17) is 0 Å². The topological polar surface area (TPSA) is 37.0 Å². The maximum absolute atomic E-state index is 14.6. The summed E-state index contributed by atoms with van der Waals surface area (Å²) >= 11 is 0. The second kappa shape index (κ2) is 6.30. The molecule has 3 unspecified atom stereocenters. The molecule has 1 saturated carbocycles. The van der Waals surface area contributed by atoms with E-state index in [1.165, 1.54) is 6.42 Å². The Morgan fingerprint density at radius 2 is 2.00 bits per heavy atom. The Bertz CT molecular complexity index is 481. The van der Waals surface area contributed by atoms with Crippen LogP contribution in [-0.4, -0.2) is 16.6 Å². The fourth-order valence-electron chi connectivity index (χ4n) is 2.83. The molecule has 1 aromatic rings. The van der Waals surface area contributed by atoms with Crippen LogP contribution in [0.25, 0.3) is 0 Å². The Kier molecular flexibility index (Phi) is 4.87. The van der Waals surface area contributed by atoms with Crippen molar-refractivity contribution in [3.8, 4) is 0 Å². The van der Waals surface area contributed by atoms with Crippen LogP contribution in [0.4, 0.5) is 10.2 Å². The first-order valence-corrected chi connectivity index (χ1v) is 7.93. The van der Waals surface area contributed by atoms with E-state index in [0.29, 0.717) is 35.8 Å². The molecule has 0 aliphatic heterocycles.